The van der Waals surface area contributed by atoms with Crippen LogP contribution in [0.3, 0.4) is 0 Å². The monoisotopic (exact) mass is 264 g/mol. The number of aromatic hydroxyl groups is 1. The molecule has 1 aromatic carbocycles. The molecule has 0 radical (unpaired) electrons. The van der Waals surface area contributed by atoms with E-state index in [4.69, 9.17) is 4.74 Å². The molecular formula is C14H20N2O3. The van der Waals surface area contributed by atoms with E-state index in [1.807, 2.05) is 7.05 Å². The van der Waals surface area contributed by atoms with Crippen LogP contribution in [-0.4, -0.2) is 49.2 Å². The smallest absolute Gasteiger partial charge is 0.253 e. The average molecular weight is 264 g/mol. The predicted octanol–water partition coefficient (Wildman–Crippen LogP) is 1.22. The van der Waals surface area contributed by atoms with Gasteiger partial charge in [0.2, 0.25) is 0 Å². The Morgan fingerprint density at radius 1 is 1.42 bits per heavy atom. The number of carbonyl (C=O) groups excluding carboxylic acids is 1. The number of nitrogens with one attached hydrogen (secondary N) is 1. The zero-order chi connectivity index (χ0) is 13.8. The number of carbonyl (C=O) groups is 1. The highest BCUT2D eigenvalue weighted by Gasteiger charge is 2.23. The Morgan fingerprint density at radius 3 is 2.68 bits per heavy atom. The number of nitrogens with zero attached hydrogens (tertiary/aromatic N) is 1. The van der Waals surface area contributed by atoms with Crippen LogP contribution in [0.15, 0.2) is 18.2 Å². The lowest BCUT2D eigenvalue weighted by atomic mass is 10.0. The van der Waals surface area contributed by atoms with Gasteiger partial charge in [0.1, 0.15) is 0 Å². The molecule has 0 unspecified atom stereocenters. The fourth-order valence-electron chi connectivity index (χ4n) is 2.39. The van der Waals surface area contributed by atoms with Gasteiger partial charge in [0.15, 0.2) is 11.5 Å². The molecule has 1 amide bonds. The van der Waals surface area contributed by atoms with Crippen molar-refractivity contribution >= 4 is 5.91 Å². The van der Waals surface area contributed by atoms with E-state index in [1.54, 1.807) is 17.0 Å². The first-order chi connectivity index (χ1) is 9.13. The maximum absolute atomic E-state index is 12.3. The molecular weight excluding hydrogens is 244 g/mol. The van der Waals surface area contributed by atoms with Crippen LogP contribution >= 0.6 is 0 Å². The summed E-state index contributed by atoms with van der Waals surface area (Å²) in [5, 5.41) is 13.0. The van der Waals surface area contributed by atoms with E-state index in [2.05, 4.69) is 5.32 Å². The van der Waals surface area contributed by atoms with Crippen LogP contribution in [0.25, 0.3) is 0 Å². The minimum absolute atomic E-state index is 0.00735. The highest BCUT2D eigenvalue weighted by molar-refractivity contribution is 5.95. The van der Waals surface area contributed by atoms with Crippen molar-refractivity contribution in [2.45, 2.75) is 18.9 Å². The summed E-state index contributed by atoms with van der Waals surface area (Å²) in [7, 11) is 3.30. The molecule has 1 aliphatic heterocycles. The number of phenolic OH excluding ortho intramolecular Hbond substituents is 1. The Kier molecular flexibility index (Phi) is 4.27. The van der Waals surface area contributed by atoms with E-state index in [0.29, 0.717) is 11.3 Å². The number of methoxy groups -OCH3 is 1. The summed E-state index contributed by atoms with van der Waals surface area (Å²) in [5.41, 5.74) is 0.485. The van der Waals surface area contributed by atoms with Gasteiger partial charge >= 0.3 is 0 Å². The van der Waals surface area contributed by atoms with Crippen LogP contribution in [0, 0.1) is 0 Å². The molecule has 5 nitrogen and oxygen atoms in total. The Balaban J connectivity index is 2.12. The molecule has 19 heavy (non-hydrogen) atoms. The van der Waals surface area contributed by atoms with Crippen LogP contribution in [0.5, 0.6) is 11.5 Å². The van der Waals surface area contributed by atoms with Crippen molar-refractivity contribution < 1.29 is 14.6 Å². The van der Waals surface area contributed by atoms with Crippen LogP contribution in [0.1, 0.15) is 23.2 Å². The number of hydrogen-bond acceptors (Lipinski definition) is 4. The van der Waals surface area contributed by atoms with Gasteiger partial charge in [0.25, 0.3) is 5.91 Å². The van der Waals surface area contributed by atoms with Gasteiger partial charge in [-0.05, 0) is 44.1 Å². The molecule has 2 N–H and O–H groups in total. The number of amides is 1. The Bertz CT molecular complexity index is 456. The highest BCUT2D eigenvalue weighted by Crippen LogP contribution is 2.27. The van der Waals surface area contributed by atoms with Crippen molar-refractivity contribution in [3.8, 4) is 11.5 Å². The third-order valence-corrected chi connectivity index (χ3v) is 3.60. The molecule has 104 valence electrons. The van der Waals surface area contributed by atoms with Crippen LogP contribution in [0.2, 0.25) is 0 Å². The summed E-state index contributed by atoms with van der Waals surface area (Å²) in [6.45, 7) is 1.88. The molecule has 5 heteroatoms. The molecule has 0 bridgehead atoms. The summed E-state index contributed by atoms with van der Waals surface area (Å²) in [4.78, 5) is 14.1. The molecule has 1 aromatic rings. The standard InChI is InChI=1S/C14H20N2O3/c1-16(11-5-7-15-8-6-11)14(18)10-3-4-13(19-2)12(17)9-10/h3-4,9,11,15,17H,5-8H2,1-2H3. The van der Waals surface area contributed by atoms with E-state index in [-0.39, 0.29) is 17.7 Å². The molecule has 0 atom stereocenters. The number of piperidine rings is 1. The van der Waals surface area contributed by atoms with E-state index in [9.17, 15) is 9.90 Å². The molecule has 0 aromatic heterocycles. The summed E-state index contributed by atoms with van der Waals surface area (Å²) >= 11 is 0. The Labute approximate surface area is 113 Å². The zero-order valence-electron chi connectivity index (χ0n) is 11.3. The molecule has 1 heterocycles. The molecule has 1 saturated heterocycles. The third kappa shape index (κ3) is 2.98. The fraction of sp³-hybridized carbons (Fsp3) is 0.500. The van der Waals surface area contributed by atoms with Crippen molar-refractivity contribution in [3.05, 3.63) is 23.8 Å². The summed E-state index contributed by atoms with van der Waals surface area (Å²) in [6, 6.07) is 5.01. The zero-order valence-corrected chi connectivity index (χ0v) is 11.3. The molecule has 0 spiro atoms. The second-order valence-corrected chi connectivity index (χ2v) is 4.78. The molecule has 0 aliphatic carbocycles. The van der Waals surface area contributed by atoms with E-state index < -0.39 is 0 Å². The van der Waals surface area contributed by atoms with E-state index >= 15 is 0 Å². The van der Waals surface area contributed by atoms with Crippen molar-refractivity contribution in [1.29, 1.82) is 0 Å². The molecule has 0 saturated carbocycles. The van der Waals surface area contributed by atoms with Crippen LogP contribution in [-0.2, 0) is 0 Å². The number of phenols is 1. The number of benzene rings is 1. The molecule has 1 fully saturated rings. The van der Waals surface area contributed by atoms with Crippen molar-refractivity contribution in [3.63, 3.8) is 0 Å². The minimum atomic E-state index is -0.0650. The largest absolute Gasteiger partial charge is 0.504 e. The number of rotatable bonds is 3. The van der Waals surface area contributed by atoms with Crippen molar-refractivity contribution in [1.82, 2.24) is 10.2 Å². The van der Waals surface area contributed by atoms with Gasteiger partial charge in [0.05, 0.1) is 7.11 Å². The van der Waals surface area contributed by atoms with Gasteiger partial charge in [-0.3, -0.25) is 4.79 Å². The lowest BCUT2D eigenvalue weighted by Gasteiger charge is -2.31. The summed E-state index contributed by atoms with van der Waals surface area (Å²) in [5.74, 6) is 0.304. The van der Waals surface area contributed by atoms with Crippen molar-refractivity contribution in [2.75, 3.05) is 27.2 Å². The quantitative estimate of drug-likeness (QED) is 0.862. The van der Waals surface area contributed by atoms with Gasteiger partial charge < -0.3 is 20.1 Å². The second-order valence-electron chi connectivity index (χ2n) is 4.78. The fourth-order valence-corrected chi connectivity index (χ4v) is 2.39. The van der Waals surface area contributed by atoms with Crippen molar-refractivity contribution in [2.24, 2.45) is 0 Å². The summed E-state index contributed by atoms with van der Waals surface area (Å²) in [6.07, 6.45) is 1.93. The maximum atomic E-state index is 12.3. The van der Waals surface area contributed by atoms with Gasteiger partial charge in [-0.1, -0.05) is 0 Å². The first kappa shape index (κ1) is 13.7. The highest BCUT2D eigenvalue weighted by atomic mass is 16.5. The first-order valence-corrected chi connectivity index (χ1v) is 6.48. The van der Waals surface area contributed by atoms with E-state index in [1.165, 1.54) is 13.2 Å². The third-order valence-electron chi connectivity index (χ3n) is 3.60. The SMILES string of the molecule is COc1ccc(C(=O)N(C)C2CCNCC2)cc1O. The second kappa shape index (κ2) is 5.93. The summed E-state index contributed by atoms with van der Waals surface area (Å²) < 4.78 is 4.97. The van der Waals surface area contributed by atoms with Crippen LogP contribution < -0.4 is 10.1 Å². The Morgan fingerprint density at radius 2 is 2.11 bits per heavy atom. The van der Waals surface area contributed by atoms with E-state index in [0.717, 1.165) is 25.9 Å². The normalized spacial score (nSPS) is 16.1. The number of ether oxygens (including phenoxy) is 1. The molecule has 1 aliphatic rings. The number of hydrogen-bond donors (Lipinski definition) is 2. The van der Waals surface area contributed by atoms with Gasteiger partial charge in [-0.15, -0.1) is 0 Å². The Hall–Kier alpha value is -1.75. The minimum Gasteiger partial charge on any atom is -0.504 e. The van der Waals surface area contributed by atoms with Gasteiger partial charge in [-0.25, -0.2) is 0 Å². The first-order valence-electron chi connectivity index (χ1n) is 6.48. The predicted molar refractivity (Wildman–Crippen MR) is 72.6 cm³/mol. The lowest BCUT2D eigenvalue weighted by Crippen LogP contribution is -2.43. The molecule has 2 rings (SSSR count). The topological polar surface area (TPSA) is 61.8 Å². The van der Waals surface area contributed by atoms with Crippen LogP contribution in [0.4, 0.5) is 0 Å². The van der Waals surface area contributed by atoms with Gasteiger partial charge in [0, 0.05) is 18.7 Å². The lowest BCUT2D eigenvalue weighted by molar-refractivity contribution is 0.0703. The maximum Gasteiger partial charge on any atom is 0.253 e. The van der Waals surface area contributed by atoms with Gasteiger partial charge in [-0.2, -0.15) is 0 Å². The average Bonchev–Trinajstić information content (AvgIpc) is 2.46.